The number of fused-ring (bicyclic) bond motifs is 2. The van der Waals surface area contributed by atoms with Crippen LogP contribution in [0.25, 0.3) is 0 Å². The average molecular weight is 399 g/mol. The lowest BCUT2D eigenvalue weighted by Crippen LogP contribution is -2.42. The zero-order chi connectivity index (χ0) is 19.7. The van der Waals surface area contributed by atoms with Gasteiger partial charge in [0.05, 0.1) is 10.6 Å². The van der Waals surface area contributed by atoms with Gasteiger partial charge in [0, 0.05) is 24.2 Å². The predicted molar refractivity (Wildman–Crippen MR) is 109 cm³/mol. The SMILES string of the molecule is Cc1ccc(S(=O)(=O)Cc2ccc(C(=O)N3C4CCNCC3CC4)cc2)cc1. The zero-order valence-corrected chi connectivity index (χ0v) is 16.9. The van der Waals surface area contributed by atoms with Gasteiger partial charge in [0.2, 0.25) is 0 Å². The Bertz CT molecular complexity index is 938. The second-order valence-electron chi connectivity index (χ2n) is 7.86. The van der Waals surface area contributed by atoms with Crippen LogP contribution in [0.5, 0.6) is 0 Å². The second kappa shape index (κ2) is 7.68. The van der Waals surface area contributed by atoms with E-state index in [0.717, 1.165) is 37.9 Å². The van der Waals surface area contributed by atoms with Crippen LogP contribution >= 0.6 is 0 Å². The van der Waals surface area contributed by atoms with Gasteiger partial charge in [0.15, 0.2) is 9.84 Å². The van der Waals surface area contributed by atoms with Gasteiger partial charge < -0.3 is 10.2 Å². The maximum atomic E-state index is 13.0. The summed E-state index contributed by atoms with van der Waals surface area (Å²) in [6.45, 7) is 3.74. The highest BCUT2D eigenvalue weighted by Crippen LogP contribution is 2.29. The zero-order valence-electron chi connectivity index (χ0n) is 16.1. The van der Waals surface area contributed by atoms with Crippen LogP contribution in [0, 0.1) is 6.92 Å². The molecule has 1 amide bonds. The van der Waals surface area contributed by atoms with Gasteiger partial charge in [-0.15, -0.1) is 0 Å². The summed E-state index contributed by atoms with van der Waals surface area (Å²) in [5, 5.41) is 3.41. The van der Waals surface area contributed by atoms with E-state index in [1.807, 2.05) is 11.8 Å². The molecule has 2 aromatic rings. The summed E-state index contributed by atoms with van der Waals surface area (Å²) in [4.78, 5) is 15.4. The third kappa shape index (κ3) is 3.84. The molecule has 2 bridgehead atoms. The van der Waals surface area contributed by atoms with E-state index in [1.54, 1.807) is 48.5 Å². The molecule has 2 fully saturated rings. The van der Waals surface area contributed by atoms with Crippen molar-refractivity contribution in [2.24, 2.45) is 0 Å². The Morgan fingerprint density at radius 1 is 1.00 bits per heavy atom. The summed E-state index contributed by atoms with van der Waals surface area (Å²) >= 11 is 0. The summed E-state index contributed by atoms with van der Waals surface area (Å²) < 4.78 is 25.3. The van der Waals surface area contributed by atoms with Crippen LogP contribution in [0.4, 0.5) is 0 Å². The Balaban J connectivity index is 1.49. The summed E-state index contributed by atoms with van der Waals surface area (Å²) in [7, 11) is -3.40. The van der Waals surface area contributed by atoms with Crippen molar-refractivity contribution in [3.8, 4) is 0 Å². The van der Waals surface area contributed by atoms with E-state index in [2.05, 4.69) is 5.32 Å². The molecule has 2 atom stereocenters. The molecule has 6 heteroatoms. The number of rotatable bonds is 4. The third-order valence-electron chi connectivity index (χ3n) is 5.83. The fourth-order valence-corrected chi connectivity index (χ4v) is 5.60. The number of hydrogen-bond acceptors (Lipinski definition) is 4. The van der Waals surface area contributed by atoms with Gasteiger partial charge in [-0.1, -0.05) is 29.8 Å². The van der Waals surface area contributed by atoms with Crippen LogP contribution in [-0.4, -0.2) is 44.4 Å². The first kappa shape index (κ1) is 19.2. The Morgan fingerprint density at radius 2 is 1.68 bits per heavy atom. The number of carbonyl (C=O) groups is 1. The smallest absolute Gasteiger partial charge is 0.254 e. The van der Waals surface area contributed by atoms with Gasteiger partial charge in [-0.3, -0.25) is 4.79 Å². The molecule has 4 rings (SSSR count). The van der Waals surface area contributed by atoms with Crippen molar-refractivity contribution in [2.75, 3.05) is 13.1 Å². The maximum Gasteiger partial charge on any atom is 0.254 e. The van der Waals surface area contributed by atoms with E-state index in [9.17, 15) is 13.2 Å². The molecular weight excluding hydrogens is 372 g/mol. The van der Waals surface area contributed by atoms with Crippen molar-refractivity contribution in [1.29, 1.82) is 0 Å². The molecule has 2 aromatic carbocycles. The number of nitrogens with zero attached hydrogens (tertiary/aromatic N) is 1. The van der Waals surface area contributed by atoms with Gasteiger partial charge in [-0.05, 0) is 62.6 Å². The van der Waals surface area contributed by atoms with Crippen molar-refractivity contribution < 1.29 is 13.2 Å². The number of nitrogens with one attached hydrogen (secondary N) is 1. The predicted octanol–water partition coefficient (Wildman–Crippen LogP) is 2.94. The monoisotopic (exact) mass is 398 g/mol. The van der Waals surface area contributed by atoms with Crippen molar-refractivity contribution >= 4 is 15.7 Å². The molecular formula is C22H26N2O3S. The molecule has 2 aliphatic heterocycles. The first-order chi connectivity index (χ1) is 13.4. The molecule has 2 unspecified atom stereocenters. The molecule has 1 N–H and O–H groups in total. The van der Waals surface area contributed by atoms with Crippen molar-refractivity contribution in [2.45, 2.75) is 48.9 Å². The van der Waals surface area contributed by atoms with E-state index >= 15 is 0 Å². The van der Waals surface area contributed by atoms with Crippen LogP contribution in [-0.2, 0) is 15.6 Å². The second-order valence-corrected chi connectivity index (χ2v) is 9.85. The van der Waals surface area contributed by atoms with Crippen molar-refractivity contribution in [3.05, 3.63) is 65.2 Å². The van der Waals surface area contributed by atoms with Crippen molar-refractivity contribution in [3.63, 3.8) is 0 Å². The Labute approximate surface area is 166 Å². The van der Waals surface area contributed by atoms with Gasteiger partial charge in [-0.25, -0.2) is 8.42 Å². The molecule has 0 aliphatic carbocycles. The minimum absolute atomic E-state index is 0.0594. The largest absolute Gasteiger partial charge is 0.331 e. The van der Waals surface area contributed by atoms with Gasteiger partial charge in [0.1, 0.15) is 0 Å². The Hall–Kier alpha value is -2.18. The Kier molecular flexibility index (Phi) is 5.25. The highest BCUT2D eigenvalue weighted by molar-refractivity contribution is 7.90. The minimum Gasteiger partial charge on any atom is -0.331 e. The summed E-state index contributed by atoms with van der Waals surface area (Å²) in [6, 6.07) is 14.5. The van der Waals surface area contributed by atoms with Crippen LogP contribution < -0.4 is 5.32 Å². The number of carbonyl (C=O) groups excluding carboxylic acids is 1. The minimum atomic E-state index is -3.40. The molecule has 2 saturated heterocycles. The summed E-state index contributed by atoms with van der Waals surface area (Å²) in [5.74, 6) is -0.00667. The lowest BCUT2D eigenvalue weighted by molar-refractivity contribution is 0.0680. The topological polar surface area (TPSA) is 66.5 Å². The van der Waals surface area contributed by atoms with Crippen LogP contribution in [0.2, 0.25) is 0 Å². The molecule has 2 heterocycles. The third-order valence-corrected chi connectivity index (χ3v) is 7.53. The van der Waals surface area contributed by atoms with Gasteiger partial charge >= 0.3 is 0 Å². The number of aryl methyl sites for hydroxylation is 1. The highest BCUT2D eigenvalue weighted by Gasteiger charge is 2.38. The van der Waals surface area contributed by atoms with Crippen molar-refractivity contribution in [1.82, 2.24) is 10.2 Å². The van der Waals surface area contributed by atoms with Gasteiger partial charge in [-0.2, -0.15) is 0 Å². The molecule has 0 spiro atoms. The normalized spacial score (nSPS) is 22.1. The Morgan fingerprint density at radius 3 is 2.39 bits per heavy atom. The first-order valence-corrected chi connectivity index (χ1v) is 11.5. The molecule has 2 aliphatic rings. The van der Waals surface area contributed by atoms with E-state index < -0.39 is 9.84 Å². The first-order valence-electron chi connectivity index (χ1n) is 9.86. The quantitative estimate of drug-likeness (QED) is 0.860. The standard InChI is InChI=1S/C22H26N2O3S/c1-16-2-10-21(11-3-16)28(26,27)15-17-4-6-18(7-5-17)22(25)24-19-8-9-20(24)14-23-13-12-19/h2-7,10-11,19-20,23H,8-9,12-15H2,1H3. The summed E-state index contributed by atoms with van der Waals surface area (Å²) in [5.41, 5.74) is 2.35. The number of hydrogen-bond donors (Lipinski definition) is 1. The molecule has 0 aromatic heterocycles. The molecule has 0 saturated carbocycles. The fourth-order valence-electron chi connectivity index (χ4n) is 4.25. The van der Waals surface area contributed by atoms with Crippen LogP contribution in [0.15, 0.2) is 53.4 Å². The highest BCUT2D eigenvalue weighted by atomic mass is 32.2. The van der Waals surface area contributed by atoms with E-state index in [1.165, 1.54) is 0 Å². The van der Waals surface area contributed by atoms with E-state index in [0.29, 0.717) is 22.1 Å². The molecule has 28 heavy (non-hydrogen) atoms. The number of amides is 1. The fraction of sp³-hybridized carbons (Fsp3) is 0.409. The number of benzene rings is 2. The van der Waals surface area contributed by atoms with Crippen LogP contribution in [0.1, 0.15) is 40.7 Å². The van der Waals surface area contributed by atoms with E-state index in [4.69, 9.17) is 0 Å². The van der Waals surface area contributed by atoms with E-state index in [-0.39, 0.29) is 17.7 Å². The average Bonchev–Trinajstić information content (AvgIpc) is 2.94. The molecule has 5 nitrogen and oxygen atoms in total. The van der Waals surface area contributed by atoms with Crippen LogP contribution in [0.3, 0.4) is 0 Å². The lowest BCUT2D eigenvalue weighted by atomic mass is 10.1. The molecule has 148 valence electrons. The molecule has 0 radical (unpaired) electrons. The number of sulfone groups is 1. The lowest BCUT2D eigenvalue weighted by Gasteiger charge is -2.28. The summed E-state index contributed by atoms with van der Waals surface area (Å²) in [6.07, 6.45) is 3.12. The maximum absolute atomic E-state index is 13.0. The van der Waals surface area contributed by atoms with Gasteiger partial charge in [0.25, 0.3) is 5.91 Å².